The number of carbonyl (C=O) groups excluding carboxylic acids is 3. The largest absolute Gasteiger partial charge is 2.00 e. The van der Waals surface area contributed by atoms with Crippen LogP contribution in [0.5, 0.6) is 0 Å². The van der Waals surface area contributed by atoms with E-state index >= 15 is 0 Å². The summed E-state index contributed by atoms with van der Waals surface area (Å²) in [7, 11) is 0. The fourth-order valence-electron chi connectivity index (χ4n) is 7.02. The number of hydrogen-bond donors (Lipinski definition) is 0. The molecule has 0 aromatic carbocycles. The van der Waals surface area contributed by atoms with Gasteiger partial charge in [0.1, 0.15) is 0 Å². The van der Waals surface area contributed by atoms with Crippen molar-refractivity contribution in [2.45, 2.75) is 290 Å². The zero-order valence-electron chi connectivity index (χ0n) is 41.8. The predicted octanol–water partition coefficient (Wildman–Crippen LogP) is 10.9. The quantitative estimate of drug-likeness (QED) is 0.0341. The standard InChI is InChI=1S/3C18H34O2.Mg.Na/c3*1-2-3-4-5-6-7-8-9-10-11-12-13-14-15-16-17-18(19)20;;/h3*9-10H,2-8,11-17H2,1H3,(H,19,20);;/q;;;+2;+1/p-3/b3*10-9-;;. The van der Waals surface area contributed by atoms with Crippen LogP contribution in [-0.2, 0) is 14.4 Å². The molecule has 0 spiro atoms. The summed E-state index contributed by atoms with van der Waals surface area (Å²) in [5, 5.41) is 30.6. The average molecular weight is 892 g/mol. The summed E-state index contributed by atoms with van der Waals surface area (Å²) >= 11 is 0. The zero-order chi connectivity index (χ0) is 44.7. The Morgan fingerprint density at radius 2 is 0.419 bits per heavy atom. The summed E-state index contributed by atoms with van der Waals surface area (Å²) in [6.07, 6.45) is 62.7. The smallest absolute Gasteiger partial charge is 0.550 e. The second-order valence-electron chi connectivity index (χ2n) is 17.1. The van der Waals surface area contributed by atoms with Crippen molar-refractivity contribution in [3.05, 3.63) is 36.5 Å². The minimum Gasteiger partial charge on any atom is -0.550 e. The molecule has 0 atom stereocenters. The number of rotatable bonds is 45. The third-order valence-electron chi connectivity index (χ3n) is 10.9. The van der Waals surface area contributed by atoms with E-state index in [-0.39, 0.29) is 71.9 Å². The molecule has 0 aliphatic heterocycles. The van der Waals surface area contributed by atoms with Crippen LogP contribution in [0, 0.1) is 0 Å². The van der Waals surface area contributed by atoms with Crippen LogP contribution in [-0.4, -0.2) is 41.0 Å². The average Bonchev–Trinajstić information content (AvgIpc) is 3.22. The van der Waals surface area contributed by atoms with Gasteiger partial charge in [-0.15, -0.1) is 0 Å². The number of hydrogen-bond acceptors (Lipinski definition) is 6. The first-order valence-corrected chi connectivity index (χ1v) is 25.9. The van der Waals surface area contributed by atoms with Gasteiger partial charge in [0.15, 0.2) is 0 Å². The third kappa shape index (κ3) is 79.8. The van der Waals surface area contributed by atoms with Crippen LogP contribution in [0.2, 0.25) is 0 Å². The second-order valence-corrected chi connectivity index (χ2v) is 17.1. The Hall–Kier alpha value is -0.604. The summed E-state index contributed by atoms with van der Waals surface area (Å²) in [6, 6.07) is 0. The van der Waals surface area contributed by atoms with Crippen molar-refractivity contribution >= 4 is 41.0 Å². The van der Waals surface area contributed by atoms with E-state index in [1.807, 2.05) is 0 Å². The van der Waals surface area contributed by atoms with E-state index in [9.17, 15) is 29.7 Å². The predicted molar refractivity (Wildman–Crippen MR) is 259 cm³/mol. The van der Waals surface area contributed by atoms with E-state index in [0.717, 1.165) is 57.8 Å². The molecule has 0 aromatic heterocycles. The van der Waals surface area contributed by atoms with Crippen molar-refractivity contribution in [3.8, 4) is 0 Å². The topological polar surface area (TPSA) is 120 Å². The molecule has 0 aliphatic carbocycles. The van der Waals surface area contributed by atoms with Crippen molar-refractivity contribution in [1.82, 2.24) is 0 Å². The summed E-state index contributed by atoms with van der Waals surface area (Å²) in [5.74, 6) is -2.74. The maximum absolute atomic E-state index is 10.2. The molecule has 0 aromatic rings. The molecule has 0 saturated carbocycles. The van der Waals surface area contributed by atoms with Crippen molar-refractivity contribution in [2.24, 2.45) is 0 Å². The van der Waals surface area contributed by atoms with Gasteiger partial charge in [0, 0.05) is 17.9 Å². The molecule has 0 aliphatic rings. The van der Waals surface area contributed by atoms with Gasteiger partial charge in [0.2, 0.25) is 0 Å². The van der Waals surface area contributed by atoms with Crippen LogP contribution in [0.25, 0.3) is 0 Å². The minimum atomic E-state index is -0.914. The number of allylic oxidation sites excluding steroid dienone is 6. The van der Waals surface area contributed by atoms with Crippen molar-refractivity contribution < 1.29 is 59.3 Å². The molecular weight excluding hydrogens is 792 g/mol. The van der Waals surface area contributed by atoms with Gasteiger partial charge in [-0.1, -0.05) is 211 Å². The van der Waals surface area contributed by atoms with Crippen LogP contribution in [0.3, 0.4) is 0 Å². The first-order valence-electron chi connectivity index (χ1n) is 25.9. The first kappa shape index (κ1) is 70.4. The van der Waals surface area contributed by atoms with E-state index in [0.29, 0.717) is 0 Å². The Bertz CT molecular complexity index is 834. The summed E-state index contributed by atoms with van der Waals surface area (Å²) < 4.78 is 0. The number of carboxylic acid groups (broad SMARTS) is 3. The van der Waals surface area contributed by atoms with Gasteiger partial charge < -0.3 is 29.7 Å². The molecular formula is C54H99MgNaO6. The molecule has 8 heteroatoms. The SMILES string of the molecule is CCCCCCCC/C=C\CCCCCCCC(=O)[O-].CCCCCCCC/C=C\CCCCCCCC(=O)[O-].CCCCCCCC/C=C\CCCCCCCC(=O)[O-].[Mg+2].[Na+]. The maximum Gasteiger partial charge on any atom is 2.00 e. The fraction of sp³-hybridized carbons (Fsp3) is 0.833. The number of carboxylic acids is 3. The molecule has 0 N–H and O–H groups in total. The molecule has 0 bridgehead atoms. The van der Waals surface area contributed by atoms with E-state index in [2.05, 4.69) is 57.2 Å². The number of aliphatic carboxylic acids is 3. The molecule has 0 heterocycles. The van der Waals surface area contributed by atoms with Crippen molar-refractivity contribution in [2.75, 3.05) is 0 Å². The minimum absolute atomic E-state index is 0. The molecule has 0 unspecified atom stereocenters. The van der Waals surface area contributed by atoms with Gasteiger partial charge >= 0.3 is 52.6 Å². The normalized spacial score (nSPS) is 10.9. The molecule has 0 saturated heterocycles. The Kier molecular flexibility index (Phi) is 76.1. The number of unbranched alkanes of at least 4 members (excludes halogenated alkanes) is 33. The first-order chi connectivity index (χ1) is 29.3. The van der Waals surface area contributed by atoms with E-state index in [1.165, 1.54) is 193 Å². The molecule has 354 valence electrons. The van der Waals surface area contributed by atoms with Gasteiger partial charge in [0.05, 0.1) is 0 Å². The van der Waals surface area contributed by atoms with Gasteiger partial charge in [0.25, 0.3) is 0 Å². The number of carbonyl (C=O) groups is 3. The van der Waals surface area contributed by atoms with Gasteiger partial charge in [-0.3, -0.25) is 0 Å². The maximum atomic E-state index is 10.2. The van der Waals surface area contributed by atoms with Crippen molar-refractivity contribution in [1.29, 1.82) is 0 Å². The van der Waals surface area contributed by atoms with Crippen LogP contribution < -0.4 is 44.9 Å². The Morgan fingerprint density at radius 3 is 0.581 bits per heavy atom. The molecule has 6 nitrogen and oxygen atoms in total. The van der Waals surface area contributed by atoms with E-state index < -0.39 is 17.9 Å². The van der Waals surface area contributed by atoms with Gasteiger partial charge in [-0.25, -0.2) is 0 Å². The second kappa shape index (κ2) is 67.0. The fourth-order valence-corrected chi connectivity index (χ4v) is 7.02. The Labute approximate surface area is 424 Å². The van der Waals surface area contributed by atoms with Crippen LogP contribution >= 0.6 is 0 Å². The van der Waals surface area contributed by atoms with Crippen LogP contribution in [0.1, 0.15) is 290 Å². The van der Waals surface area contributed by atoms with Crippen LogP contribution in [0.4, 0.5) is 0 Å². The molecule has 0 radical (unpaired) electrons. The molecule has 0 rings (SSSR count). The summed E-state index contributed by atoms with van der Waals surface area (Å²) in [6.45, 7) is 6.77. The van der Waals surface area contributed by atoms with Crippen molar-refractivity contribution in [3.63, 3.8) is 0 Å². The summed E-state index contributed by atoms with van der Waals surface area (Å²) in [5.41, 5.74) is 0. The molecule has 0 amide bonds. The Balaban J connectivity index is -0.000000258. The Morgan fingerprint density at radius 1 is 0.274 bits per heavy atom. The van der Waals surface area contributed by atoms with Gasteiger partial charge in [-0.2, -0.15) is 0 Å². The molecule has 0 fully saturated rings. The van der Waals surface area contributed by atoms with E-state index in [4.69, 9.17) is 0 Å². The zero-order valence-corrected chi connectivity index (χ0v) is 45.2. The third-order valence-corrected chi connectivity index (χ3v) is 10.9. The van der Waals surface area contributed by atoms with Gasteiger partial charge in [-0.05, 0) is 116 Å². The van der Waals surface area contributed by atoms with E-state index in [1.54, 1.807) is 0 Å². The van der Waals surface area contributed by atoms with Crippen LogP contribution in [0.15, 0.2) is 36.5 Å². The molecule has 62 heavy (non-hydrogen) atoms. The summed E-state index contributed by atoms with van der Waals surface area (Å²) in [4.78, 5) is 30.6. The monoisotopic (exact) mass is 891 g/mol.